The Balaban J connectivity index is 2.28. The first-order valence-corrected chi connectivity index (χ1v) is 7.22. The molecule has 2 rings (SSSR count). The summed E-state index contributed by atoms with van der Waals surface area (Å²) in [5, 5.41) is 12.3. The summed E-state index contributed by atoms with van der Waals surface area (Å²) in [6.45, 7) is 5.82. The van der Waals surface area contributed by atoms with Gasteiger partial charge in [-0.1, -0.05) is 19.9 Å². The predicted octanol–water partition coefficient (Wildman–Crippen LogP) is 2.76. The van der Waals surface area contributed by atoms with Crippen LogP contribution in [0.2, 0.25) is 0 Å². The summed E-state index contributed by atoms with van der Waals surface area (Å²) < 4.78 is 0. The second-order valence-electron chi connectivity index (χ2n) is 5.60. The molecule has 2 aromatic heterocycles. The zero-order valence-electron chi connectivity index (χ0n) is 12.9. The molecule has 1 unspecified atom stereocenters. The van der Waals surface area contributed by atoms with Crippen LogP contribution in [0, 0.1) is 12.8 Å². The van der Waals surface area contributed by atoms with Gasteiger partial charge >= 0.3 is 5.97 Å². The van der Waals surface area contributed by atoms with Crippen molar-refractivity contribution in [1.82, 2.24) is 15.0 Å². The normalized spacial score (nSPS) is 12.2. The summed E-state index contributed by atoms with van der Waals surface area (Å²) >= 11 is 0. The van der Waals surface area contributed by atoms with Crippen molar-refractivity contribution in [1.29, 1.82) is 0 Å². The Bertz CT molecular complexity index is 644. The van der Waals surface area contributed by atoms with E-state index in [1.807, 2.05) is 39.0 Å². The van der Waals surface area contributed by atoms with Crippen LogP contribution >= 0.6 is 0 Å². The maximum absolute atomic E-state index is 11.4. The topological polar surface area (TPSA) is 88.0 Å². The first-order valence-electron chi connectivity index (χ1n) is 7.22. The average molecular weight is 300 g/mol. The van der Waals surface area contributed by atoms with Gasteiger partial charge < -0.3 is 10.4 Å². The monoisotopic (exact) mass is 300 g/mol. The van der Waals surface area contributed by atoms with Crippen LogP contribution < -0.4 is 5.32 Å². The molecule has 116 valence electrons. The highest BCUT2D eigenvalue weighted by atomic mass is 16.4. The Morgan fingerprint density at radius 1 is 1.32 bits per heavy atom. The molecular weight excluding hydrogens is 280 g/mol. The number of hydrogen-bond donors (Lipinski definition) is 2. The second kappa shape index (κ2) is 6.98. The van der Waals surface area contributed by atoms with Gasteiger partial charge in [0.25, 0.3) is 0 Å². The van der Waals surface area contributed by atoms with E-state index in [4.69, 9.17) is 0 Å². The first-order chi connectivity index (χ1) is 10.5. The van der Waals surface area contributed by atoms with Crippen LogP contribution in [0.1, 0.15) is 26.0 Å². The van der Waals surface area contributed by atoms with E-state index in [1.54, 1.807) is 12.3 Å². The summed E-state index contributed by atoms with van der Waals surface area (Å²) in [6.07, 6.45) is 2.20. The molecule has 2 N–H and O–H groups in total. The number of hydrogen-bond acceptors (Lipinski definition) is 5. The van der Waals surface area contributed by atoms with Crippen LogP contribution in [0.25, 0.3) is 11.5 Å². The van der Waals surface area contributed by atoms with Crippen molar-refractivity contribution in [2.75, 3.05) is 5.32 Å². The highest BCUT2D eigenvalue weighted by Crippen LogP contribution is 2.17. The molecule has 0 saturated carbocycles. The van der Waals surface area contributed by atoms with Crippen LogP contribution in [-0.2, 0) is 4.79 Å². The third-order valence-electron chi connectivity index (χ3n) is 3.08. The molecule has 1 atom stereocenters. The fraction of sp³-hybridized carbons (Fsp3) is 0.375. The van der Waals surface area contributed by atoms with Gasteiger partial charge in [-0.3, -0.25) is 4.98 Å². The summed E-state index contributed by atoms with van der Waals surface area (Å²) in [5.41, 5.74) is 1.41. The minimum absolute atomic E-state index is 0.270. The van der Waals surface area contributed by atoms with Gasteiger partial charge in [0.05, 0.1) is 0 Å². The SMILES string of the molecule is Cc1cc(NC(CC(C)C)C(=O)O)nc(-c2ccccn2)n1. The summed E-state index contributed by atoms with van der Waals surface area (Å²) in [5.74, 6) is 0.370. The molecule has 0 aliphatic heterocycles. The molecule has 0 amide bonds. The predicted molar refractivity (Wildman–Crippen MR) is 84.5 cm³/mol. The Morgan fingerprint density at radius 3 is 2.68 bits per heavy atom. The van der Waals surface area contributed by atoms with Gasteiger partial charge in [-0.05, 0) is 31.4 Å². The van der Waals surface area contributed by atoms with E-state index in [9.17, 15) is 9.90 Å². The zero-order chi connectivity index (χ0) is 16.1. The van der Waals surface area contributed by atoms with Crippen LogP contribution in [-0.4, -0.2) is 32.1 Å². The maximum Gasteiger partial charge on any atom is 0.326 e. The first kappa shape index (κ1) is 15.9. The molecule has 2 aromatic rings. The van der Waals surface area contributed by atoms with E-state index in [-0.39, 0.29) is 5.92 Å². The lowest BCUT2D eigenvalue weighted by Crippen LogP contribution is -2.31. The van der Waals surface area contributed by atoms with Crippen molar-refractivity contribution in [2.24, 2.45) is 5.92 Å². The number of pyridine rings is 1. The molecule has 0 radical (unpaired) electrons. The van der Waals surface area contributed by atoms with Crippen molar-refractivity contribution < 1.29 is 9.90 Å². The van der Waals surface area contributed by atoms with Crippen molar-refractivity contribution in [3.8, 4) is 11.5 Å². The number of carbonyl (C=O) groups is 1. The van der Waals surface area contributed by atoms with Gasteiger partial charge in [-0.25, -0.2) is 14.8 Å². The molecule has 0 fully saturated rings. The van der Waals surface area contributed by atoms with Gasteiger partial charge in [0.15, 0.2) is 5.82 Å². The molecule has 6 nitrogen and oxygen atoms in total. The summed E-state index contributed by atoms with van der Waals surface area (Å²) in [7, 11) is 0. The largest absolute Gasteiger partial charge is 0.480 e. The fourth-order valence-corrected chi connectivity index (χ4v) is 2.12. The van der Waals surface area contributed by atoms with Gasteiger partial charge in [-0.2, -0.15) is 0 Å². The van der Waals surface area contributed by atoms with Crippen LogP contribution in [0.3, 0.4) is 0 Å². The van der Waals surface area contributed by atoms with Gasteiger partial charge in [0.2, 0.25) is 0 Å². The van der Waals surface area contributed by atoms with Crippen molar-refractivity contribution in [3.63, 3.8) is 0 Å². The standard InChI is InChI=1S/C16H20N4O2/c1-10(2)8-13(16(21)22)19-14-9-11(3)18-15(20-14)12-6-4-5-7-17-12/h4-7,9-10,13H,8H2,1-3H3,(H,21,22)(H,18,19,20). The molecule has 0 bridgehead atoms. The minimum atomic E-state index is -0.885. The van der Waals surface area contributed by atoms with E-state index < -0.39 is 12.0 Å². The summed E-state index contributed by atoms with van der Waals surface area (Å²) in [6, 6.07) is 6.57. The molecule has 0 aromatic carbocycles. The lowest BCUT2D eigenvalue weighted by Gasteiger charge is -2.17. The zero-order valence-corrected chi connectivity index (χ0v) is 12.9. The van der Waals surface area contributed by atoms with Crippen molar-refractivity contribution >= 4 is 11.8 Å². The highest BCUT2D eigenvalue weighted by molar-refractivity contribution is 5.77. The van der Waals surface area contributed by atoms with Gasteiger partial charge in [0, 0.05) is 18.0 Å². The van der Waals surface area contributed by atoms with E-state index in [1.165, 1.54) is 0 Å². The van der Waals surface area contributed by atoms with Crippen LogP contribution in [0.4, 0.5) is 5.82 Å². The Labute approximate surface area is 129 Å². The lowest BCUT2D eigenvalue weighted by molar-refractivity contribution is -0.138. The number of aliphatic carboxylic acids is 1. The number of aryl methyl sites for hydroxylation is 1. The molecule has 6 heteroatoms. The maximum atomic E-state index is 11.4. The fourth-order valence-electron chi connectivity index (χ4n) is 2.12. The minimum Gasteiger partial charge on any atom is -0.480 e. The smallest absolute Gasteiger partial charge is 0.326 e. The Morgan fingerprint density at radius 2 is 2.09 bits per heavy atom. The molecule has 0 aliphatic rings. The third-order valence-corrected chi connectivity index (χ3v) is 3.08. The Kier molecular flexibility index (Phi) is 5.04. The molecule has 0 aliphatic carbocycles. The molecule has 0 spiro atoms. The van der Waals surface area contributed by atoms with Crippen LogP contribution in [0.15, 0.2) is 30.5 Å². The quantitative estimate of drug-likeness (QED) is 0.853. The van der Waals surface area contributed by atoms with Crippen molar-refractivity contribution in [3.05, 3.63) is 36.2 Å². The Hall–Kier alpha value is -2.50. The summed E-state index contributed by atoms with van der Waals surface area (Å²) in [4.78, 5) is 24.3. The molecular formula is C16H20N4O2. The third kappa shape index (κ3) is 4.25. The lowest BCUT2D eigenvalue weighted by atomic mass is 10.0. The number of aromatic nitrogens is 3. The number of carboxylic acids is 1. The number of anilines is 1. The molecule has 2 heterocycles. The van der Waals surface area contributed by atoms with E-state index in [2.05, 4.69) is 20.3 Å². The number of nitrogens with one attached hydrogen (secondary N) is 1. The van der Waals surface area contributed by atoms with E-state index in [0.717, 1.165) is 5.69 Å². The number of nitrogens with zero attached hydrogens (tertiary/aromatic N) is 3. The van der Waals surface area contributed by atoms with Gasteiger partial charge in [0.1, 0.15) is 17.6 Å². The van der Waals surface area contributed by atoms with Crippen LogP contribution in [0.5, 0.6) is 0 Å². The number of carboxylic acid groups (broad SMARTS) is 1. The average Bonchev–Trinajstić information content (AvgIpc) is 2.46. The molecule has 22 heavy (non-hydrogen) atoms. The van der Waals surface area contributed by atoms with Crippen molar-refractivity contribution in [2.45, 2.75) is 33.2 Å². The highest BCUT2D eigenvalue weighted by Gasteiger charge is 2.19. The molecule has 0 saturated heterocycles. The second-order valence-corrected chi connectivity index (χ2v) is 5.60. The number of rotatable bonds is 6. The van der Waals surface area contributed by atoms with E-state index >= 15 is 0 Å². The van der Waals surface area contributed by atoms with Gasteiger partial charge in [-0.15, -0.1) is 0 Å². The van der Waals surface area contributed by atoms with E-state index in [0.29, 0.717) is 23.8 Å².